The van der Waals surface area contributed by atoms with Crippen LogP contribution in [0.15, 0.2) is 0 Å². The van der Waals surface area contributed by atoms with Gasteiger partial charge in [-0.1, -0.05) is 0 Å². The van der Waals surface area contributed by atoms with Gasteiger partial charge in [0.15, 0.2) is 15.9 Å². The van der Waals surface area contributed by atoms with Crippen LogP contribution in [-0.4, -0.2) is 49.4 Å². The van der Waals surface area contributed by atoms with E-state index in [-0.39, 0.29) is 6.61 Å². The quantitative estimate of drug-likeness (QED) is 0.553. The Bertz CT molecular complexity index is 435. The second-order valence-corrected chi connectivity index (χ2v) is 5.67. The van der Waals surface area contributed by atoms with Crippen molar-refractivity contribution in [3.8, 4) is 0 Å². The van der Waals surface area contributed by atoms with Crippen LogP contribution in [0.3, 0.4) is 0 Å². The van der Waals surface area contributed by atoms with E-state index in [1.165, 1.54) is 13.8 Å². The molecule has 11 heteroatoms. The molecule has 0 saturated carbocycles. The minimum absolute atomic E-state index is 0.196. The van der Waals surface area contributed by atoms with E-state index >= 15 is 0 Å². The highest BCUT2D eigenvalue weighted by atomic mass is 32.2. The molecule has 1 unspecified atom stereocenters. The Kier molecular flexibility index (Phi) is 4.19. The molecule has 0 bridgehead atoms. The maximum absolute atomic E-state index is 12.9. The molecule has 0 aliphatic carbocycles. The van der Waals surface area contributed by atoms with Gasteiger partial charge in [0.1, 0.15) is 6.10 Å². The molecule has 1 rings (SSSR count). The molecule has 19 heavy (non-hydrogen) atoms. The van der Waals surface area contributed by atoms with Crippen molar-refractivity contribution in [2.45, 2.75) is 37.1 Å². The summed E-state index contributed by atoms with van der Waals surface area (Å²) in [5.74, 6) is -1.09. The molecule has 0 radical (unpaired) electrons. The summed E-state index contributed by atoms with van der Waals surface area (Å²) >= 11 is 0. The Morgan fingerprint density at radius 1 is 1.37 bits per heavy atom. The van der Waals surface area contributed by atoms with E-state index in [1.807, 2.05) is 0 Å². The van der Waals surface area contributed by atoms with Gasteiger partial charge in [-0.25, -0.2) is 8.42 Å². The average Bonchev–Trinajstić information content (AvgIpc) is 2.53. The molecule has 114 valence electrons. The largest absolute Gasteiger partial charge is 0.743 e. The first-order valence-corrected chi connectivity index (χ1v) is 6.36. The monoisotopic (exact) mass is 311 g/mol. The Morgan fingerprint density at radius 3 is 2.26 bits per heavy atom. The second-order valence-electron chi connectivity index (χ2n) is 4.25. The van der Waals surface area contributed by atoms with Crippen molar-refractivity contribution in [1.29, 1.82) is 0 Å². The minimum atomic E-state index is -6.56. The van der Waals surface area contributed by atoms with E-state index < -0.39 is 40.0 Å². The summed E-state index contributed by atoms with van der Waals surface area (Å²) in [5, 5.41) is -5.87. The molecule has 1 aliphatic rings. The molecular formula is C8H11F4O6S-. The molecule has 1 fully saturated rings. The van der Waals surface area contributed by atoms with Crippen molar-refractivity contribution in [3.63, 3.8) is 0 Å². The smallest absolute Gasteiger partial charge is 0.433 e. The summed E-state index contributed by atoms with van der Waals surface area (Å²) in [6.07, 6.45) is -6.53. The Hall–Kier alpha value is -0.490. The lowest BCUT2D eigenvalue weighted by Crippen LogP contribution is -2.49. The van der Waals surface area contributed by atoms with E-state index in [0.717, 1.165) is 0 Å². The number of alkyl halides is 4. The average molecular weight is 311 g/mol. The van der Waals surface area contributed by atoms with Crippen LogP contribution < -0.4 is 0 Å². The first-order chi connectivity index (χ1) is 8.29. The summed E-state index contributed by atoms with van der Waals surface area (Å²) in [6.45, 7) is 1.67. The van der Waals surface area contributed by atoms with E-state index in [4.69, 9.17) is 9.47 Å². The van der Waals surface area contributed by atoms with Crippen LogP contribution in [0.4, 0.5) is 17.6 Å². The zero-order chi connectivity index (χ0) is 15.1. The topological polar surface area (TPSA) is 84.9 Å². The molecule has 0 spiro atoms. The lowest BCUT2D eigenvalue weighted by atomic mass is 10.4. The summed E-state index contributed by atoms with van der Waals surface area (Å²) in [4.78, 5) is 0. The van der Waals surface area contributed by atoms with Crippen LogP contribution in [0.1, 0.15) is 13.8 Å². The fourth-order valence-electron chi connectivity index (χ4n) is 1.27. The van der Waals surface area contributed by atoms with Crippen LogP contribution in [0.2, 0.25) is 0 Å². The molecule has 0 amide bonds. The van der Waals surface area contributed by atoms with E-state index in [0.29, 0.717) is 0 Å². The predicted octanol–water partition coefficient (Wildman–Crippen LogP) is 0.885. The standard InChI is InChI=1S/C8H12F4O6S/c1-6(2)16-3-5(18-6)4-17-7(9,10)8(11,12)19(13,14)15/h5H,3-4H2,1-2H3,(H,13,14,15)/p-1. The van der Waals surface area contributed by atoms with Crippen molar-refractivity contribution in [2.24, 2.45) is 0 Å². The van der Waals surface area contributed by atoms with Crippen molar-refractivity contribution >= 4 is 10.1 Å². The molecule has 0 aromatic rings. The first kappa shape index (κ1) is 16.6. The summed E-state index contributed by atoms with van der Waals surface area (Å²) in [6, 6.07) is 0. The maximum Gasteiger partial charge on any atom is 0.433 e. The highest BCUT2D eigenvalue weighted by Gasteiger charge is 2.63. The number of ether oxygens (including phenoxy) is 3. The Morgan fingerprint density at radius 2 is 1.89 bits per heavy atom. The molecule has 1 heterocycles. The zero-order valence-electron chi connectivity index (χ0n) is 9.86. The molecule has 0 aromatic heterocycles. The molecule has 1 aliphatic heterocycles. The van der Waals surface area contributed by atoms with Crippen molar-refractivity contribution in [1.82, 2.24) is 0 Å². The van der Waals surface area contributed by atoms with Gasteiger partial charge in [-0.3, -0.25) is 0 Å². The summed E-state index contributed by atoms with van der Waals surface area (Å²) in [5.41, 5.74) is 0. The van der Waals surface area contributed by atoms with Gasteiger partial charge in [-0.15, -0.1) is 0 Å². The van der Waals surface area contributed by atoms with Crippen molar-refractivity contribution < 1.29 is 44.7 Å². The van der Waals surface area contributed by atoms with Crippen LogP contribution in [0.5, 0.6) is 0 Å². The molecule has 6 nitrogen and oxygen atoms in total. The van der Waals surface area contributed by atoms with Gasteiger partial charge in [0.05, 0.1) is 13.2 Å². The van der Waals surface area contributed by atoms with Gasteiger partial charge in [-0.2, -0.15) is 17.6 Å². The fraction of sp³-hybridized carbons (Fsp3) is 1.00. The third-order valence-corrected chi connectivity index (χ3v) is 3.04. The third-order valence-electron chi connectivity index (χ3n) is 2.17. The number of hydrogen-bond donors (Lipinski definition) is 0. The Balaban J connectivity index is 2.67. The molecule has 0 aromatic carbocycles. The van der Waals surface area contributed by atoms with Crippen LogP contribution in [-0.2, 0) is 24.3 Å². The maximum atomic E-state index is 12.9. The number of rotatable bonds is 5. The van der Waals surface area contributed by atoms with Gasteiger partial charge in [-0.05, 0) is 13.8 Å². The van der Waals surface area contributed by atoms with E-state index in [2.05, 4.69) is 4.74 Å². The van der Waals surface area contributed by atoms with Crippen LogP contribution in [0, 0.1) is 0 Å². The van der Waals surface area contributed by atoms with Crippen molar-refractivity contribution in [2.75, 3.05) is 13.2 Å². The Labute approximate surface area is 106 Å². The van der Waals surface area contributed by atoms with Gasteiger partial charge in [0, 0.05) is 0 Å². The number of halogens is 4. The fourth-order valence-corrected chi connectivity index (χ4v) is 1.62. The van der Waals surface area contributed by atoms with Crippen LogP contribution in [0.25, 0.3) is 0 Å². The lowest BCUT2D eigenvalue weighted by molar-refractivity contribution is -0.324. The molecular weight excluding hydrogens is 300 g/mol. The SMILES string of the molecule is CC1(C)OCC(COC(F)(F)C(F)(F)S(=O)(=O)[O-])O1. The second kappa shape index (κ2) is 4.81. The molecule has 1 atom stereocenters. The summed E-state index contributed by atoms with van der Waals surface area (Å²) in [7, 11) is -6.56. The highest BCUT2D eigenvalue weighted by molar-refractivity contribution is 7.86. The van der Waals surface area contributed by atoms with Gasteiger partial charge in [0.2, 0.25) is 0 Å². The summed E-state index contributed by atoms with van der Waals surface area (Å²) < 4.78 is 94.9. The number of hydrogen-bond acceptors (Lipinski definition) is 6. The predicted molar refractivity (Wildman–Crippen MR) is 50.4 cm³/mol. The minimum Gasteiger partial charge on any atom is -0.743 e. The highest BCUT2D eigenvalue weighted by Crippen LogP contribution is 2.39. The first-order valence-electron chi connectivity index (χ1n) is 4.95. The van der Waals surface area contributed by atoms with E-state index in [1.54, 1.807) is 0 Å². The van der Waals surface area contributed by atoms with Gasteiger partial charge < -0.3 is 18.8 Å². The lowest BCUT2D eigenvalue weighted by Gasteiger charge is -2.28. The van der Waals surface area contributed by atoms with Gasteiger partial charge in [0.25, 0.3) is 0 Å². The third kappa shape index (κ3) is 3.54. The zero-order valence-corrected chi connectivity index (χ0v) is 10.7. The normalized spacial score (nSPS) is 24.7. The molecule has 0 N–H and O–H groups in total. The van der Waals surface area contributed by atoms with Crippen molar-refractivity contribution in [3.05, 3.63) is 0 Å². The molecule has 1 saturated heterocycles. The van der Waals surface area contributed by atoms with Crippen LogP contribution >= 0.6 is 0 Å². The van der Waals surface area contributed by atoms with Gasteiger partial charge >= 0.3 is 11.4 Å². The van der Waals surface area contributed by atoms with E-state index in [9.17, 15) is 30.5 Å².